The van der Waals surface area contributed by atoms with E-state index in [1.54, 1.807) is 0 Å². The minimum absolute atomic E-state index is 0.0128. The highest BCUT2D eigenvalue weighted by Crippen LogP contribution is 2.44. The lowest BCUT2D eigenvalue weighted by Gasteiger charge is -2.36. The number of benzene rings is 2. The van der Waals surface area contributed by atoms with Gasteiger partial charge in [0, 0.05) is 29.8 Å². The standard InChI is InChI=1S/C31H39O4P/c1-24(2)17-20-33-27-22-26(25(3)30(23-27)35-31-16-10-11-19-34-31)18-21-36(32,28-12-6-4-7-13-28)29-14-8-5-9-15-29/h4-9,12-15,17-18,27,30-31H,3,10-11,16,19-23H2,1-2H3/b26-18-/t27-,30+,31?/m1/s1. The van der Waals surface area contributed by atoms with Crippen LogP contribution in [0.15, 0.2) is 96.1 Å². The van der Waals surface area contributed by atoms with E-state index in [4.69, 9.17) is 14.2 Å². The second-order valence-corrected chi connectivity index (χ2v) is 12.8. The topological polar surface area (TPSA) is 44.8 Å². The molecular weight excluding hydrogens is 467 g/mol. The van der Waals surface area contributed by atoms with Crippen LogP contribution in [0.3, 0.4) is 0 Å². The number of hydrogen-bond acceptors (Lipinski definition) is 4. The van der Waals surface area contributed by atoms with Crippen LogP contribution in [0.2, 0.25) is 0 Å². The Hall–Kier alpha value is -2.23. The van der Waals surface area contributed by atoms with E-state index in [0.29, 0.717) is 12.8 Å². The molecule has 2 aromatic rings. The molecule has 1 aliphatic heterocycles. The van der Waals surface area contributed by atoms with Gasteiger partial charge < -0.3 is 18.8 Å². The van der Waals surface area contributed by atoms with E-state index in [2.05, 4.69) is 32.6 Å². The first-order valence-corrected chi connectivity index (χ1v) is 15.0. The van der Waals surface area contributed by atoms with Gasteiger partial charge in [0.2, 0.25) is 0 Å². The summed E-state index contributed by atoms with van der Waals surface area (Å²) in [6, 6.07) is 19.6. The zero-order valence-corrected chi connectivity index (χ0v) is 22.5. The van der Waals surface area contributed by atoms with E-state index in [1.165, 1.54) is 5.57 Å². The molecule has 0 N–H and O–H groups in total. The Morgan fingerprint density at radius 1 is 1.06 bits per heavy atom. The van der Waals surface area contributed by atoms with Crippen LogP contribution in [0, 0.1) is 0 Å². The molecule has 0 radical (unpaired) electrons. The molecule has 3 atom stereocenters. The van der Waals surface area contributed by atoms with Gasteiger partial charge in [-0.3, -0.25) is 0 Å². The molecule has 2 aliphatic rings. The molecule has 0 aromatic heterocycles. The third kappa shape index (κ3) is 6.95. The molecule has 0 bridgehead atoms. The van der Waals surface area contributed by atoms with Gasteiger partial charge in [-0.05, 0) is 50.7 Å². The summed E-state index contributed by atoms with van der Waals surface area (Å²) >= 11 is 0. The Labute approximate surface area is 216 Å². The van der Waals surface area contributed by atoms with Crippen molar-refractivity contribution in [2.75, 3.05) is 19.4 Å². The molecule has 1 heterocycles. The van der Waals surface area contributed by atoms with Gasteiger partial charge in [0.05, 0.1) is 18.8 Å². The van der Waals surface area contributed by atoms with Crippen molar-refractivity contribution in [1.29, 1.82) is 0 Å². The number of ether oxygens (including phenoxy) is 3. The quantitative estimate of drug-likeness (QED) is 0.286. The normalized spacial score (nSPS) is 24.0. The lowest BCUT2D eigenvalue weighted by Crippen LogP contribution is -2.36. The molecule has 2 aromatic carbocycles. The predicted molar refractivity (Wildman–Crippen MR) is 149 cm³/mol. The van der Waals surface area contributed by atoms with Gasteiger partial charge in [0.1, 0.15) is 7.14 Å². The monoisotopic (exact) mass is 506 g/mol. The molecule has 2 fully saturated rings. The summed E-state index contributed by atoms with van der Waals surface area (Å²) in [5.74, 6) is 0. The average Bonchev–Trinajstić information content (AvgIpc) is 2.91. The molecule has 1 unspecified atom stereocenters. The fourth-order valence-electron chi connectivity index (χ4n) is 4.82. The van der Waals surface area contributed by atoms with Crippen molar-refractivity contribution >= 4 is 17.8 Å². The SMILES string of the molecule is C=C1/C(=C\CP(=O)(c2ccccc2)c2ccccc2)C[C@@H](OCC=C(C)C)C[C@@H]1OC1CCCCO1. The molecule has 1 saturated heterocycles. The molecule has 0 spiro atoms. The van der Waals surface area contributed by atoms with Crippen LogP contribution in [0.1, 0.15) is 46.0 Å². The molecule has 4 rings (SSSR count). The summed E-state index contributed by atoms with van der Waals surface area (Å²) in [4.78, 5) is 0. The molecule has 1 aliphatic carbocycles. The van der Waals surface area contributed by atoms with Crippen LogP contribution in [0.25, 0.3) is 0 Å². The molecule has 36 heavy (non-hydrogen) atoms. The Balaban J connectivity index is 1.59. The fraction of sp³-hybridized carbons (Fsp3) is 0.419. The van der Waals surface area contributed by atoms with Gasteiger partial charge in [-0.15, -0.1) is 0 Å². The lowest BCUT2D eigenvalue weighted by atomic mass is 9.86. The van der Waals surface area contributed by atoms with Crippen molar-refractivity contribution in [3.63, 3.8) is 0 Å². The smallest absolute Gasteiger partial charge is 0.158 e. The molecule has 1 saturated carbocycles. The Kier molecular flexibility index (Phi) is 9.56. The summed E-state index contributed by atoms with van der Waals surface area (Å²) in [6.45, 7) is 9.90. The predicted octanol–water partition coefficient (Wildman–Crippen LogP) is 6.54. The summed E-state index contributed by atoms with van der Waals surface area (Å²) in [5, 5.41) is 1.74. The van der Waals surface area contributed by atoms with E-state index < -0.39 is 7.14 Å². The zero-order valence-electron chi connectivity index (χ0n) is 21.6. The minimum Gasteiger partial charge on any atom is -0.374 e. The fourth-order valence-corrected chi connectivity index (χ4v) is 7.32. The second kappa shape index (κ2) is 12.8. The first kappa shape index (κ1) is 26.8. The van der Waals surface area contributed by atoms with Gasteiger partial charge >= 0.3 is 0 Å². The Morgan fingerprint density at radius 3 is 2.31 bits per heavy atom. The van der Waals surface area contributed by atoms with Gasteiger partial charge in [-0.25, -0.2) is 0 Å². The van der Waals surface area contributed by atoms with E-state index in [0.717, 1.165) is 60.5 Å². The number of hydrogen-bond donors (Lipinski definition) is 0. The Bertz CT molecular complexity index is 1050. The second-order valence-electron chi connectivity index (χ2n) is 9.95. The van der Waals surface area contributed by atoms with Crippen molar-refractivity contribution in [2.45, 2.75) is 64.4 Å². The van der Waals surface area contributed by atoms with Crippen molar-refractivity contribution in [3.05, 3.63) is 96.1 Å². The van der Waals surface area contributed by atoms with E-state index in [1.807, 2.05) is 60.7 Å². The van der Waals surface area contributed by atoms with Gasteiger partial charge in [-0.1, -0.05) is 85.0 Å². The molecule has 4 nitrogen and oxygen atoms in total. The summed E-state index contributed by atoms with van der Waals surface area (Å²) < 4.78 is 33.0. The van der Waals surface area contributed by atoms with Crippen molar-refractivity contribution in [1.82, 2.24) is 0 Å². The van der Waals surface area contributed by atoms with Gasteiger partial charge in [0.25, 0.3) is 0 Å². The van der Waals surface area contributed by atoms with Crippen molar-refractivity contribution < 1.29 is 18.8 Å². The van der Waals surface area contributed by atoms with Crippen LogP contribution < -0.4 is 10.6 Å². The highest BCUT2D eigenvalue weighted by molar-refractivity contribution is 7.78. The average molecular weight is 507 g/mol. The maximum atomic E-state index is 14.5. The van der Waals surface area contributed by atoms with E-state index >= 15 is 0 Å². The van der Waals surface area contributed by atoms with Crippen LogP contribution in [-0.4, -0.2) is 37.9 Å². The van der Waals surface area contributed by atoms with Crippen LogP contribution in [0.4, 0.5) is 0 Å². The minimum atomic E-state index is -2.86. The third-order valence-electron chi connectivity index (χ3n) is 6.94. The third-order valence-corrected chi connectivity index (χ3v) is 9.91. The summed E-state index contributed by atoms with van der Waals surface area (Å²) in [6.07, 6.45) is 8.90. The van der Waals surface area contributed by atoms with Gasteiger partial charge in [0.15, 0.2) is 6.29 Å². The molecule has 5 heteroatoms. The number of rotatable bonds is 9. The zero-order chi connectivity index (χ0) is 25.4. The summed E-state index contributed by atoms with van der Waals surface area (Å²) in [5.41, 5.74) is 3.27. The maximum Gasteiger partial charge on any atom is 0.158 e. The van der Waals surface area contributed by atoms with E-state index in [9.17, 15) is 4.57 Å². The highest BCUT2D eigenvalue weighted by atomic mass is 31.2. The van der Waals surface area contributed by atoms with E-state index in [-0.39, 0.29) is 18.5 Å². The van der Waals surface area contributed by atoms with Crippen molar-refractivity contribution in [3.8, 4) is 0 Å². The number of allylic oxidation sites excluding steroid dienone is 2. The van der Waals surface area contributed by atoms with Crippen LogP contribution in [0.5, 0.6) is 0 Å². The molecule has 0 amide bonds. The van der Waals surface area contributed by atoms with Crippen LogP contribution in [-0.2, 0) is 18.8 Å². The van der Waals surface area contributed by atoms with Crippen LogP contribution >= 0.6 is 7.14 Å². The largest absolute Gasteiger partial charge is 0.374 e. The Morgan fingerprint density at radius 2 is 1.72 bits per heavy atom. The lowest BCUT2D eigenvalue weighted by molar-refractivity contribution is -0.187. The molecule has 192 valence electrons. The first-order chi connectivity index (χ1) is 17.5. The van der Waals surface area contributed by atoms with Crippen molar-refractivity contribution in [2.24, 2.45) is 0 Å². The highest BCUT2D eigenvalue weighted by Gasteiger charge is 2.33. The van der Waals surface area contributed by atoms with Gasteiger partial charge in [-0.2, -0.15) is 0 Å². The first-order valence-electron chi connectivity index (χ1n) is 13.1. The summed E-state index contributed by atoms with van der Waals surface area (Å²) in [7, 11) is -2.86. The maximum absolute atomic E-state index is 14.5. The molecular formula is C31H39O4P.